The predicted octanol–water partition coefficient (Wildman–Crippen LogP) is 1.66. The van der Waals surface area contributed by atoms with Crippen LogP contribution < -0.4 is 11.3 Å². The molecule has 6 heteroatoms. The van der Waals surface area contributed by atoms with Crippen molar-refractivity contribution in [2.75, 3.05) is 6.54 Å². The highest BCUT2D eigenvalue weighted by Gasteiger charge is 2.12. The minimum Gasteiger partial charge on any atom is -0.282 e. The van der Waals surface area contributed by atoms with Crippen molar-refractivity contribution >= 4 is 10.1 Å². The van der Waals surface area contributed by atoms with Gasteiger partial charge in [0.1, 0.15) is 0 Å². The molecule has 0 aliphatic rings. The van der Waals surface area contributed by atoms with Crippen LogP contribution in [0.1, 0.15) is 25.0 Å². The molecule has 0 aliphatic heterocycles. The van der Waals surface area contributed by atoms with E-state index in [-0.39, 0.29) is 4.90 Å². The molecule has 18 heavy (non-hydrogen) atoms. The largest absolute Gasteiger partial charge is 0.294 e. The predicted molar refractivity (Wildman–Crippen MR) is 72.8 cm³/mol. The summed E-state index contributed by atoms with van der Waals surface area (Å²) in [5.41, 5.74) is 4.02. The molecule has 0 unspecified atom stereocenters. The van der Waals surface area contributed by atoms with Gasteiger partial charge in [-0.1, -0.05) is 26.0 Å². The molecular weight excluding hydrogens is 252 g/mol. The number of hydrogen-bond donors (Lipinski definition) is 3. The molecule has 1 rings (SSSR count). The van der Waals surface area contributed by atoms with Crippen LogP contribution in [0, 0.1) is 19.8 Å². The van der Waals surface area contributed by atoms with Gasteiger partial charge in [-0.25, -0.2) is 0 Å². The summed E-state index contributed by atoms with van der Waals surface area (Å²) in [4.78, 5) is -0.0116. The molecule has 0 heterocycles. The first-order valence-corrected chi connectivity index (χ1v) is 7.11. The average Bonchev–Trinajstić information content (AvgIpc) is 2.21. The Morgan fingerprint density at radius 1 is 1.33 bits per heavy atom. The highest BCUT2D eigenvalue weighted by molar-refractivity contribution is 7.85. The van der Waals surface area contributed by atoms with E-state index in [0.717, 1.165) is 12.1 Å². The second-order valence-electron chi connectivity index (χ2n) is 4.48. The third-order valence-corrected chi connectivity index (χ3v) is 3.36. The summed E-state index contributed by atoms with van der Waals surface area (Å²) in [6.45, 7) is 8.59. The minimum atomic E-state index is -4.06. The minimum absolute atomic E-state index is 0.0116. The van der Waals surface area contributed by atoms with E-state index in [1.165, 1.54) is 6.07 Å². The van der Waals surface area contributed by atoms with Gasteiger partial charge in [-0.2, -0.15) is 8.42 Å². The lowest BCUT2D eigenvalue weighted by Gasteiger charge is -2.03. The zero-order chi connectivity index (χ0) is 14.3. The SMILES string of the molecule is CC(C)CNN.Cc1cccc(S(=O)(=O)O)c1C. The van der Waals surface area contributed by atoms with Gasteiger partial charge in [0.25, 0.3) is 10.1 Å². The molecule has 0 bridgehead atoms. The van der Waals surface area contributed by atoms with Crippen molar-refractivity contribution in [2.45, 2.75) is 32.6 Å². The summed E-state index contributed by atoms with van der Waals surface area (Å²) in [6, 6.07) is 4.78. The number of hydrazine groups is 1. The normalized spacial score (nSPS) is 11.1. The van der Waals surface area contributed by atoms with Crippen LogP contribution in [-0.2, 0) is 10.1 Å². The van der Waals surface area contributed by atoms with Crippen LogP contribution in [0.25, 0.3) is 0 Å². The van der Waals surface area contributed by atoms with Crippen molar-refractivity contribution in [3.05, 3.63) is 29.3 Å². The first-order chi connectivity index (χ1) is 8.20. The van der Waals surface area contributed by atoms with Crippen LogP contribution in [0.5, 0.6) is 0 Å². The molecule has 4 N–H and O–H groups in total. The Morgan fingerprint density at radius 3 is 2.17 bits per heavy atom. The molecule has 1 aromatic rings. The number of rotatable bonds is 3. The Morgan fingerprint density at radius 2 is 1.89 bits per heavy atom. The zero-order valence-electron chi connectivity index (χ0n) is 11.3. The third-order valence-electron chi connectivity index (χ3n) is 2.36. The molecule has 0 aromatic heterocycles. The van der Waals surface area contributed by atoms with Crippen molar-refractivity contribution in [1.29, 1.82) is 0 Å². The topological polar surface area (TPSA) is 92.4 Å². The van der Waals surface area contributed by atoms with E-state index in [0.29, 0.717) is 11.5 Å². The maximum atomic E-state index is 10.8. The number of benzene rings is 1. The molecule has 5 nitrogen and oxygen atoms in total. The molecule has 104 valence electrons. The van der Waals surface area contributed by atoms with E-state index in [9.17, 15) is 8.42 Å². The van der Waals surface area contributed by atoms with E-state index in [1.54, 1.807) is 26.0 Å². The fraction of sp³-hybridized carbons (Fsp3) is 0.500. The number of nitrogens with two attached hydrogens (primary N) is 1. The molecule has 1 aromatic carbocycles. The summed E-state index contributed by atoms with van der Waals surface area (Å²) in [5.74, 6) is 5.64. The first kappa shape index (κ1) is 17.1. The summed E-state index contributed by atoms with van der Waals surface area (Å²) in [7, 11) is -4.06. The Kier molecular flexibility index (Phi) is 7.08. The van der Waals surface area contributed by atoms with Gasteiger partial charge in [0.15, 0.2) is 0 Å². The van der Waals surface area contributed by atoms with Gasteiger partial charge in [-0.15, -0.1) is 0 Å². The van der Waals surface area contributed by atoms with E-state index >= 15 is 0 Å². The molecule has 0 atom stereocenters. The number of aryl methyl sites for hydroxylation is 1. The van der Waals surface area contributed by atoms with Crippen LogP contribution in [0.2, 0.25) is 0 Å². The van der Waals surface area contributed by atoms with E-state index in [2.05, 4.69) is 19.3 Å². The molecule has 0 radical (unpaired) electrons. The maximum absolute atomic E-state index is 10.8. The van der Waals surface area contributed by atoms with Crippen LogP contribution in [0.3, 0.4) is 0 Å². The molecule has 0 saturated carbocycles. The second kappa shape index (κ2) is 7.48. The standard InChI is InChI=1S/C8H10O3S.C4H12N2/c1-6-4-3-5-8(7(6)2)12(9,10)11;1-4(2)3-6-5/h3-5H,1-2H3,(H,9,10,11);4,6H,3,5H2,1-2H3. The van der Waals surface area contributed by atoms with Gasteiger partial charge >= 0.3 is 0 Å². The van der Waals surface area contributed by atoms with Crippen LogP contribution >= 0.6 is 0 Å². The van der Waals surface area contributed by atoms with Gasteiger partial charge < -0.3 is 0 Å². The van der Waals surface area contributed by atoms with Crippen LogP contribution in [-0.4, -0.2) is 19.5 Å². The van der Waals surface area contributed by atoms with Crippen LogP contribution in [0.15, 0.2) is 23.1 Å². The highest BCUT2D eigenvalue weighted by Crippen LogP contribution is 2.17. The Labute approximate surface area is 109 Å². The highest BCUT2D eigenvalue weighted by atomic mass is 32.2. The Bertz CT molecular complexity index is 470. The van der Waals surface area contributed by atoms with Crippen molar-refractivity contribution in [2.24, 2.45) is 11.8 Å². The summed E-state index contributed by atoms with van der Waals surface area (Å²) >= 11 is 0. The van der Waals surface area contributed by atoms with Gasteiger partial charge in [-0.3, -0.25) is 15.8 Å². The van der Waals surface area contributed by atoms with E-state index < -0.39 is 10.1 Å². The van der Waals surface area contributed by atoms with E-state index in [4.69, 9.17) is 10.4 Å². The molecule has 0 aliphatic carbocycles. The summed E-state index contributed by atoms with van der Waals surface area (Å²) in [5, 5.41) is 0. The zero-order valence-corrected chi connectivity index (χ0v) is 12.1. The molecular formula is C12H22N2O3S. The lowest BCUT2D eigenvalue weighted by molar-refractivity contribution is 0.482. The average molecular weight is 274 g/mol. The Balaban J connectivity index is 0.000000411. The second-order valence-corrected chi connectivity index (χ2v) is 5.87. The lowest BCUT2D eigenvalue weighted by atomic mass is 10.1. The summed E-state index contributed by atoms with van der Waals surface area (Å²) < 4.78 is 30.3. The van der Waals surface area contributed by atoms with Crippen molar-refractivity contribution in [3.8, 4) is 0 Å². The Hall–Kier alpha value is -0.950. The van der Waals surface area contributed by atoms with Crippen molar-refractivity contribution < 1.29 is 13.0 Å². The maximum Gasteiger partial charge on any atom is 0.294 e. The lowest BCUT2D eigenvalue weighted by Crippen LogP contribution is -2.26. The van der Waals surface area contributed by atoms with Gasteiger partial charge in [0, 0.05) is 6.54 Å². The smallest absolute Gasteiger partial charge is 0.282 e. The third kappa shape index (κ3) is 6.11. The molecule has 0 saturated heterocycles. The van der Waals surface area contributed by atoms with Gasteiger partial charge in [0.2, 0.25) is 0 Å². The van der Waals surface area contributed by atoms with Crippen molar-refractivity contribution in [1.82, 2.24) is 5.43 Å². The van der Waals surface area contributed by atoms with Gasteiger partial charge in [-0.05, 0) is 37.0 Å². The fourth-order valence-electron chi connectivity index (χ4n) is 1.24. The number of nitrogens with one attached hydrogen (secondary N) is 1. The van der Waals surface area contributed by atoms with Gasteiger partial charge in [0.05, 0.1) is 4.90 Å². The quantitative estimate of drug-likeness (QED) is 0.443. The monoisotopic (exact) mass is 274 g/mol. The molecule has 0 fully saturated rings. The van der Waals surface area contributed by atoms with Crippen molar-refractivity contribution in [3.63, 3.8) is 0 Å². The summed E-state index contributed by atoms with van der Waals surface area (Å²) in [6.07, 6.45) is 0. The molecule has 0 amide bonds. The molecule has 0 spiro atoms. The van der Waals surface area contributed by atoms with Crippen LogP contribution in [0.4, 0.5) is 0 Å². The van der Waals surface area contributed by atoms with E-state index in [1.807, 2.05) is 0 Å². The first-order valence-electron chi connectivity index (χ1n) is 5.67. The number of hydrogen-bond acceptors (Lipinski definition) is 4. The fourth-order valence-corrected chi connectivity index (χ4v) is 2.04.